The monoisotopic (exact) mass is 491 g/mol. The van der Waals surface area contributed by atoms with E-state index in [-0.39, 0.29) is 17.6 Å². The minimum absolute atomic E-state index is 0.0863. The number of hydrogen-bond acceptors (Lipinski definition) is 4. The van der Waals surface area contributed by atoms with Crippen LogP contribution in [0.4, 0.5) is 4.39 Å². The number of aromatic nitrogens is 2. The fourth-order valence-electron chi connectivity index (χ4n) is 4.63. The molecule has 2 aromatic carbocycles. The quantitative estimate of drug-likeness (QED) is 0.501. The standard InChI is InChI=1S/C28H34FN5O2/c1-4-32(5-2)26(35)20-31-14-7-15-33(17-16-31)28(36)25-19-34(24-12-10-23(29)11-13-24)30-27(25)22-9-6-8-21(3)18-22/h6,8-13,18-19H,4-5,7,14-17,20H2,1-3H3. The summed E-state index contributed by atoms with van der Waals surface area (Å²) in [7, 11) is 0. The van der Waals surface area contributed by atoms with Gasteiger partial charge >= 0.3 is 0 Å². The average Bonchev–Trinajstić information content (AvgIpc) is 3.19. The summed E-state index contributed by atoms with van der Waals surface area (Å²) < 4.78 is 15.1. The molecule has 8 heteroatoms. The van der Waals surface area contributed by atoms with Crippen LogP contribution < -0.4 is 0 Å². The fourth-order valence-corrected chi connectivity index (χ4v) is 4.63. The van der Waals surface area contributed by atoms with Crippen molar-refractivity contribution in [2.75, 3.05) is 45.8 Å². The van der Waals surface area contributed by atoms with Gasteiger partial charge in [-0.25, -0.2) is 9.07 Å². The lowest BCUT2D eigenvalue weighted by atomic mass is 10.0. The zero-order valence-electron chi connectivity index (χ0n) is 21.3. The Morgan fingerprint density at radius 1 is 1.00 bits per heavy atom. The van der Waals surface area contributed by atoms with Crippen molar-refractivity contribution in [2.45, 2.75) is 27.2 Å². The molecular weight excluding hydrogens is 457 g/mol. The number of halogens is 1. The third-order valence-electron chi connectivity index (χ3n) is 6.68. The van der Waals surface area contributed by atoms with Crippen molar-refractivity contribution in [2.24, 2.45) is 0 Å². The maximum absolute atomic E-state index is 13.8. The lowest BCUT2D eigenvalue weighted by Crippen LogP contribution is -2.42. The van der Waals surface area contributed by atoms with E-state index in [1.165, 1.54) is 12.1 Å². The molecule has 3 aromatic rings. The van der Waals surface area contributed by atoms with Gasteiger partial charge in [-0.2, -0.15) is 5.10 Å². The smallest absolute Gasteiger partial charge is 0.257 e. The number of hydrogen-bond donors (Lipinski definition) is 0. The van der Waals surface area contributed by atoms with E-state index in [1.807, 2.05) is 54.8 Å². The number of carbonyl (C=O) groups excluding carboxylic acids is 2. The lowest BCUT2D eigenvalue weighted by Gasteiger charge is -2.25. The summed E-state index contributed by atoms with van der Waals surface area (Å²) in [6.07, 6.45) is 2.53. The summed E-state index contributed by atoms with van der Waals surface area (Å²) >= 11 is 0. The topological polar surface area (TPSA) is 61.7 Å². The molecule has 0 unspecified atom stereocenters. The molecule has 0 aliphatic carbocycles. The van der Waals surface area contributed by atoms with Crippen molar-refractivity contribution in [3.8, 4) is 16.9 Å². The summed E-state index contributed by atoms with van der Waals surface area (Å²) in [5.41, 5.74) is 3.73. The van der Waals surface area contributed by atoms with Crippen LogP contribution in [0.5, 0.6) is 0 Å². The minimum atomic E-state index is -0.324. The number of aryl methyl sites for hydroxylation is 1. The van der Waals surface area contributed by atoms with Crippen LogP contribution >= 0.6 is 0 Å². The van der Waals surface area contributed by atoms with Gasteiger partial charge in [-0.3, -0.25) is 14.5 Å². The number of nitrogens with zero attached hydrogens (tertiary/aromatic N) is 5. The van der Waals surface area contributed by atoms with E-state index in [0.29, 0.717) is 56.2 Å². The van der Waals surface area contributed by atoms with Crippen molar-refractivity contribution >= 4 is 11.8 Å². The molecule has 1 fully saturated rings. The highest BCUT2D eigenvalue weighted by atomic mass is 19.1. The van der Waals surface area contributed by atoms with Crippen molar-refractivity contribution in [3.05, 3.63) is 71.7 Å². The maximum Gasteiger partial charge on any atom is 0.257 e. The molecule has 1 aromatic heterocycles. The molecule has 0 bridgehead atoms. The van der Waals surface area contributed by atoms with Gasteiger partial charge in [-0.1, -0.05) is 23.8 Å². The summed E-state index contributed by atoms with van der Waals surface area (Å²) in [4.78, 5) is 32.2. The Kier molecular flexibility index (Phi) is 8.15. The van der Waals surface area contributed by atoms with Crippen LogP contribution in [0.15, 0.2) is 54.7 Å². The Hall–Kier alpha value is -3.52. The molecule has 190 valence electrons. The molecule has 1 aliphatic heterocycles. The Labute approximate surface area is 212 Å². The highest BCUT2D eigenvalue weighted by Gasteiger charge is 2.26. The van der Waals surface area contributed by atoms with Crippen LogP contribution in [0.25, 0.3) is 16.9 Å². The molecule has 2 heterocycles. The zero-order chi connectivity index (χ0) is 25.7. The van der Waals surface area contributed by atoms with E-state index in [4.69, 9.17) is 5.10 Å². The van der Waals surface area contributed by atoms with Crippen molar-refractivity contribution in [3.63, 3.8) is 0 Å². The summed E-state index contributed by atoms with van der Waals surface area (Å²) in [5.74, 6) is -0.284. The second kappa shape index (κ2) is 11.5. The van der Waals surface area contributed by atoms with Crippen LogP contribution in [0.2, 0.25) is 0 Å². The lowest BCUT2D eigenvalue weighted by molar-refractivity contribution is -0.132. The number of amides is 2. The van der Waals surface area contributed by atoms with Crippen LogP contribution in [0.3, 0.4) is 0 Å². The van der Waals surface area contributed by atoms with Gasteiger partial charge in [0.15, 0.2) is 0 Å². The first-order chi connectivity index (χ1) is 17.4. The van der Waals surface area contributed by atoms with Gasteiger partial charge in [0, 0.05) is 51.0 Å². The predicted molar refractivity (Wildman–Crippen MR) is 139 cm³/mol. The van der Waals surface area contributed by atoms with Crippen LogP contribution in [0.1, 0.15) is 36.2 Å². The Morgan fingerprint density at radius 3 is 2.44 bits per heavy atom. The fraction of sp³-hybridized carbons (Fsp3) is 0.393. The van der Waals surface area contributed by atoms with Gasteiger partial charge in [-0.05, 0) is 57.5 Å². The number of rotatable bonds is 7. The minimum Gasteiger partial charge on any atom is -0.342 e. The van der Waals surface area contributed by atoms with E-state index in [9.17, 15) is 14.0 Å². The highest BCUT2D eigenvalue weighted by molar-refractivity contribution is 6.00. The van der Waals surface area contributed by atoms with E-state index in [0.717, 1.165) is 24.1 Å². The van der Waals surface area contributed by atoms with Gasteiger partial charge in [0.1, 0.15) is 11.5 Å². The van der Waals surface area contributed by atoms with E-state index in [2.05, 4.69) is 4.90 Å². The molecule has 1 aliphatic rings. The van der Waals surface area contributed by atoms with Crippen molar-refractivity contribution < 1.29 is 14.0 Å². The number of carbonyl (C=O) groups is 2. The predicted octanol–water partition coefficient (Wildman–Crippen LogP) is 4.00. The first-order valence-electron chi connectivity index (χ1n) is 12.6. The average molecular weight is 492 g/mol. The highest BCUT2D eigenvalue weighted by Crippen LogP contribution is 2.26. The van der Waals surface area contributed by atoms with E-state index in [1.54, 1.807) is 23.0 Å². The van der Waals surface area contributed by atoms with Gasteiger partial charge < -0.3 is 9.80 Å². The molecule has 0 atom stereocenters. The Bertz CT molecular complexity index is 1200. The molecule has 2 amide bonds. The molecule has 1 saturated heterocycles. The number of likely N-dealkylation sites (N-methyl/N-ethyl adjacent to an activating group) is 1. The van der Waals surface area contributed by atoms with Crippen LogP contribution in [-0.2, 0) is 4.79 Å². The van der Waals surface area contributed by atoms with Gasteiger partial charge in [0.25, 0.3) is 5.91 Å². The second-order valence-corrected chi connectivity index (χ2v) is 9.17. The zero-order valence-corrected chi connectivity index (χ0v) is 21.3. The van der Waals surface area contributed by atoms with Crippen molar-refractivity contribution in [1.29, 1.82) is 0 Å². The summed E-state index contributed by atoms with van der Waals surface area (Å²) in [6, 6.07) is 14.0. The molecule has 0 saturated carbocycles. The van der Waals surface area contributed by atoms with E-state index < -0.39 is 0 Å². The third-order valence-corrected chi connectivity index (χ3v) is 6.68. The molecule has 7 nitrogen and oxygen atoms in total. The van der Waals surface area contributed by atoms with Crippen LogP contribution in [-0.4, -0.2) is 82.1 Å². The molecule has 4 rings (SSSR count). The molecular formula is C28H34FN5O2. The maximum atomic E-state index is 13.8. The van der Waals surface area contributed by atoms with Gasteiger partial charge in [0.2, 0.25) is 5.91 Å². The van der Waals surface area contributed by atoms with Gasteiger partial charge in [-0.15, -0.1) is 0 Å². The van der Waals surface area contributed by atoms with Gasteiger partial charge in [0.05, 0.1) is 17.8 Å². The summed E-state index contributed by atoms with van der Waals surface area (Å²) in [6.45, 7) is 10.3. The summed E-state index contributed by atoms with van der Waals surface area (Å²) in [5, 5.41) is 4.74. The molecule has 0 radical (unpaired) electrons. The van der Waals surface area contributed by atoms with Crippen molar-refractivity contribution in [1.82, 2.24) is 24.5 Å². The SMILES string of the molecule is CCN(CC)C(=O)CN1CCCN(C(=O)c2cn(-c3ccc(F)cc3)nc2-c2cccc(C)c2)CC1. The Morgan fingerprint density at radius 2 is 1.75 bits per heavy atom. The van der Waals surface area contributed by atoms with Crippen LogP contribution in [0, 0.1) is 12.7 Å². The largest absolute Gasteiger partial charge is 0.342 e. The Balaban J connectivity index is 1.58. The number of benzene rings is 2. The molecule has 36 heavy (non-hydrogen) atoms. The molecule has 0 N–H and O–H groups in total. The third kappa shape index (κ3) is 5.82. The molecule has 0 spiro atoms. The van der Waals surface area contributed by atoms with E-state index >= 15 is 0 Å². The first kappa shape index (κ1) is 25.6. The second-order valence-electron chi connectivity index (χ2n) is 9.17. The normalized spacial score (nSPS) is 14.5. The first-order valence-corrected chi connectivity index (χ1v) is 12.6.